The molecule has 0 unspecified atom stereocenters. The molecule has 2 aromatic rings. The summed E-state index contributed by atoms with van der Waals surface area (Å²) < 4.78 is 10.4. The van der Waals surface area contributed by atoms with Gasteiger partial charge < -0.3 is 24.4 Å². The fourth-order valence-corrected chi connectivity index (χ4v) is 3.47. The van der Waals surface area contributed by atoms with Crippen LogP contribution in [0.25, 0.3) is 10.9 Å². The number of benzene rings is 1. The molecule has 29 heavy (non-hydrogen) atoms. The van der Waals surface area contributed by atoms with Crippen molar-refractivity contribution >= 4 is 22.8 Å². The molecule has 0 saturated carbocycles. The van der Waals surface area contributed by atoms with Gasteiger partial charge in [-0.1, -0.05) is 13.8 Å². The maximum atomic E-state index is 12.6. The van der Waals surface area contributed by atoms with Crippen molar-refractivity contribution in [3.63, 3.8) is 0 Å². The average molecular weight is 404 g/mol. The summed E-state index contributed by atoms with van der Waals surface area (Å²) in [5.41, 5.74) is -0.145. The normalized spacial score (nSPS) is 14.5. The molecule has 2 N–H and O–H groups in total. The van der Waals surface area contributed by atoms with Crippen LogP contribution in [0.3, 0.4) is 0 Å². The van der Waals surface area contributed by atoms with Gasteiger partial charge in [0, 0.05) is 38.7 Å². The molecule has 158 valence electrons. The Balaban J connectivity index is 1.81. The van der Waals surface area contributed by atoms with Crippen molar-refractivity contribution < 1.29 is 19.4 Å². The number of hydrogen-bond donors (Lipinski definition) is 2. The number of H-pyrrole nitrogens is 1. The zero-order valence-electron chi connectivity index (χ0n) is 17.3. The molecule has 1 amide bonds. The quantitative estimate of drug-likeness (QED) is 0.755. The van der Waals surface area contributed by atoms with Crippen LogP contribution in [0.1, 0.15) is 26.7 Å². The fraction of sp³-hybridized carbons (Fsp3) is 0.550. The molecule has 2 heterocycles. The number of aromatic nitrogens is 2. The standard InChI is InChI=1S/C20H28N4O5/c1-12(2)5-6-15(25)23-7-9-24(10-8-23)20-21-13-11-14(28-3)18(29-4)17(26)16(13)19(27)22-20/h11-12,26H,5-10H2,1-4H3,(H,21,22,27). The van der Waals surface area contributed by atoms with Crippen LogP contribution in [0.4, 0.5) is 5.95 Å². The summed E-state index contributed by atoms with van der Waals surface area (Å²) in [6, 6.07) is 1.57. The molecule has 1 aromatic heterocycles. The van der Waals surface area contributed by atoms with Crippen LogP contribution in [-0.4, -0.2) is 66.3 Å². The predicted molar refractivity (Wildman–Crippen MR) is 110 cm³/mol. The summed E-state index contributed by atoms with van der Waals surface area (Å²) in [5.74, 6) is 1.15. The van der Waals surface area contributed by atoms with E-state index in [9.17, 15) is 14.7 Å². The number of hydrogen-bond acceptors (Lipinski definition) is 7. The number of methoxy groups -OCH3 is 2. The molecular formula is C20H28N4O5. The molecule has 0 radical (unpaired) electrons. The number of fused-ring (bicyclic) bond motifs is 1. The minimum atomic E-state index is -0.459. The molecule has 1 fully saturated rings. The van der Waals surface area contributed by atoms with Gasteiger partial charge in [0.15, 0.2) is 11.5 Å². The first-order chi connectivity index (χ1) is 13.8. The number of rotatable bonds is 6. The minimum Gasteiger partial charge on any atom is -0.504 e. The van der Waals surface area contributed by atoms with Crippen LogP contribution in [0, 0.1) is 5.92 Å². The van der Waals surface area contributed by atoms with E-state index >= 15 is 0 Å². The Morgan fingerprint density at radius 1 is 1.24 bits per heavy atom. The number of piperazine rings is 1. The van der Waals surface area contributed by atoms with E-state index in [0.717, 1.165) is 6.42 Å². The Morgan fingerprint density at radius 2 is 1.93 bits per heavy atom. The van der Waals surface area contributed by atoms with Crippen LogP contribution < -0.4 is 19.9 Å². The average Bonchev–Trinajstić information content (AvgIpc) is 2.71. The number of aromatic hydroxyl groups is 1. The third-order valence-corrected chi connectivity index (χ3v) is 5.17. The van der Waals surface area contributed by atoms with Crippen LogP contribution >= 0.6 is 0 Å². The van der Waals surface area contributed by atoms with Gasteiger partial charge in [-0.3, -0.25) is 14.6 Å². The monoisotopic (exact) mass is 404 g/mol. The van der Waals surface area contributed by atoms with Gasteiger partial charge in [-0.05, 0) is 12.3 Å². The maximum absolute atomic E-state index is 12.6. The molecule has 0 spiro atoms. The molecule has 0 aliphatic carbocycles. The summed E-state index contributed by atoms with van der Waals surface area (Å²) in [4.78, 5) is 36.0. The van der Waals surface area contributed by atoms with Gasteiger partial charge in [-0.15, -0.1) is 0 Å². The van der Waals surface area contributed by atoms with Crippen molar-refractivity contribution in [2.45, 2.75) is 26.7 Å². The van der Waals surface area contributed by atoms with Crippen molar-refractivity contribution in [2.75, 3.05) is 45.3 Å². The van der Waals surface area contributed by atoms with E-state index in [2.05, 4.69) is 23.8 Å². The second-order valence-electron chi connectivity index (χ2n) is 7.54. The lowest BCUT2D eigenvalue weighted by Crippen LogP contribution is -2.49. The molecule has 1 aliphatic heterocycles. The smallest absolute Gasteiger partial charge is 0.264 e. The van der Waals surface area contributed by atoms with E-state index in [-0.39, 0.29) is 22.8 Å². The predicted octanol–water partition coefficient (Wildman–Crippen LogP) is 1.73. The summed E-state index contributed by atoms with van der Waals surface area (Å²) >= 11 is 0. The van der Waals surface area contributed by atoms with E-state index in [1.165, 1.54) is 14.2 Å². The van der Waals surface area contributed by atoms with Crippen LogP contribution in [0.2, 0.25) is 0 Å². The van der Waals surface area contributed by atoms with Crippen molar-refractivity contribution in [3.05, 3.63) is 16.4 Å². The largest absolute Gasteiger partial charge is 0.504 e. The number of nitrogens with one attached hydrogen (secondary N) is 1. The number of carbonyl (C=O) groups is 1. The summed E-state index contributed by atoms with van der Waals surface area (Å²) in [5, 5.41) is 10.5. The second-order valence-corrected chi connectivity index (χ2v) is 7.54. The van der Waals surface area contributed by atoms with Gasteiger partial charge in [-0.2, -0.15) is 0 Å². The first kappa shape index (κ1) is 20.8. The van der Waals surface area contributed by atoms with Gasteiger partial charge in [0.25, 0.3) is 5.56 Å². The number of carbonyl (C=O) groups excluding carboxylic acids is 1. The summed E-state index contributed by atoms with van der Waals surface area (Å²) in [6.45, 7) is 6.51. The maximum Gasteiger partial charge on any atom is 0.264 e. The van der Waals surface area contributed by atoms with E-state index in [4.69, 9.17) is 9.47 Å². The molecule has 1 aliphatic rings. The van der Waals surface area contributed by atoms with Crippen molar-refractivity contribution in [1.29, 1.82) is 0 Å². The third-order valence-electron chi connectivity index (χ3n) is 5.17. The number of aromatic amines is 1. The van der Waals surface area contributed by atoms with Gasteiger partial charge in [0.2, 0.25) is 17.6 Å². The number of phenols is 1. The summed E-state index contributed by atoms with van der Waals surface area (Å²) in [7, 11) is 2.84. The third kappa shape index (κ3) is 4.23. The Labute approximate surface area is 169 Å². The van der Waals surface area contributed by atoms with Crippen LogP contribution in [-0.2, 0) is 4.79 Å². The van der Waals surface area contributed by atoms with Crippen LogP contribution in [0.5, 0.6) is 17.2 Å². The molecule has 0 atom stereocenters. The number of anilines is 1. The molecule has 1 aromatic carbocycles. The Kier molecular flexibility index (Phi) is 6.14. The van der Waals surface area contributed by atoms with Gasteiger partial charge >= 0.3 is 0 Å². The minimum absolute atomic E-state index is 0.0499. The number of amides is 1. The van der Waals surface area contributed by atoms with Gasteiger partial charge in [0.1, 0.15) is 5.39 Å². The highest BCUT2D eigenvalue weighted by Gasteiger charge is 2.24. The highest BCUT2D eigenvalue weighted by molar-refractivity contribution is 5.90. The lowest BCUT2D eigenvalue weighted by Gasteiger charge is -2.35. The van der Waals surface area contributed by atoms with Crippen LogP contribution in [0.15, 0.2) is 10.9 Å². The second kappa shape index (κ2) is 8.59. The number of phenolic OH excluding ortho intramolecular Hbond substituents is 1. The first-order valence-corrected chi connectivity index (χ1v) is 9.76. The number of ether oxygens (including phenoxy) is 2. The molecule has 9 heteroatoms. The summed E-state index contributed by atoms with van der Waals surface area (Å²) in [6.07, 6.45) is 1.44. The lowest BCUT2D eigenvalue weighted by atomic mass is 10.1. The SMILES string of the molecule is COc1cc2nc(N3CCN(C(=O)CCC(C)C)CC3)[nH]c(=O)c2c(O)c1OC. The lowest BCUT2D eigenvalue weighted by molar-refractivity contribution is -0.131. The van der Waals surface area contributed by atoms with Crippen molar-refractivity contribution in [2.24, 2.45) is 5.92 Å². The van der Waals surface area contributed by atoms with E-state index in [0.29, 0.717) is 55.7 Å². The topological polar surface area (TPSA) is 108 Å². The highest BCUT2D eigenvalue weighted by Crippen LogP contribution is 2.40. The van der Waals surface area contributed by atoms with E-state index < -0.39 is 5.56 Å². The molecule has 3 rings (SSSR count). The van der Waals surface area contributed by atoms with Gasteiger partial charge in [-0.25, -0.2) is 4.98 Å². The zero-order chi connectivity index (χ0) is 21.1. The van der Waals surface area contributed by atoms with E-state index in [1.807, 2.05) is 9.80 Å². The fourth-order valence-electron chi connectivity index (χ4n) is 3.47. The zero-order valence-corrected chi connectivity index (χ0v) is 17.3. The number of nitrogens with zero attached hydrogens (tertiary/aromatic N) is 3. The molecular weight excluding hydrogens is 376 g/mol. The first-order valence-electron chi connectivity index (χ1n) is 9.76. The van der Waals surface area contributed by atoms with E-state index in [1.54, 1.807) is 6.07 Å². The molecule has 1 saturated heterocycles. The Bertz CT molecular complexity index is 948. The van der Waals surface area contributed by atoms with Crippen molar-refractivity contribution in [1.82, 2.24) is 14.9 Å². The Morgan fingerprint density at radius 3 is 2.52 bits per heavy atom. The highest BCUT2D eigenvalue weighted by atomic mass is 16.5. The molecule has 0 bridgehead atoms. The Hall–Kier alpha value is -2.97. The molecule has 9 nitrogen and oxygen atoms in total. The van der Waals surface area contributed by atoms with Gasteiger partial charge in [0.05, 0.1) is 19.7 Å². The van der Waals surface area contributed by atoms with Crippen molar-refractivity contribution in [3.8, 4) is 17.2 Å².